The molecule has 2 aliphatic heterocycles. The number of pyridine rings is 1. The molecular formula is C24H28FN5O3S. The molecule has 0 unspecified atom stereocenters. The zero-order valence-corrected chi connectivity index (χ0v) is 20.4. The lowest BCUT2D eigenvalue weighted by Crippen LogP contribution is -2.59. The van der Waals surface area contributed by atoms with Gasteiger partial charge in [-0.25, -0.2) is 9.18 Å². The van der Waals surface area contributed by atoms with Gasteiger partial charge in [-0.05, 0) is 64.3 Å². The fraction of sp³-hybridized carbons (Fsp3) is 0.500. The minimum absolute atomic E-state index is 0.0526. The smallest absolute Gasteiger partial charge is 0.410 e. The van der Waals surface area contributed by atoms with Crippen molar-refractivity contribution in [3.05, 3.63) is 40.8 Å². The number of amides is 1. The average Bonchev–Trinajstić information content (AvgIpc) is 3.37. The van der Waals surface area contributed by atoms with E-state index in [0.29, 0.717) is 29.7 Å². The quantitative estimate of drug-likeness (QED) is 0.593. The number of piperidine rings is 1. The summed E-state index contributed by atoms with van der Waals surface area (Å²) in [6, 6.07) is 6.39. The van der Waals surface area contributed by atoms with E-state index in [1.807, 2.05) is 57.0 Å². The SMILES string of the molecule is CN(c1ccc(-c2cc3c(=O)[nH]ccc3s2)nn1)[C@@H]1C[C@H]2CC[C@@H]([C@@H]1F)N2C(=O)OC(C)(C)C. The number of halogens is 1. The second-order valence-electron chi connectivity index (χ2n) is 10.0. The van der Waals surface area contributed by atoms with Crippen molar-refractivity contribution in [2.24, 2.45) is 0 Å². The van der Waals surface area contributed by atoms with E-state index in [0.717, 1.165) is 16.0 Å². The van der Waals surface area contributed by atoms with Crippen LogP contribution in [0.3, 0.4) is 0 Å². The van der Waals surface area contributed by atoms with Crippen LogP contribution in [-0.2, 0) is 4.74 Å². The van der Waals surface area contributed by atoms with Crippen LogP contribution in [0.2, 0.25) is 0 Å². The molecule has 4 atom stereocenters. The Morgan fingerprint density at radius 2 is 2.06 bits per heavy atom. The third kappa shape index (κ3) is 4.04. The van der Waals surface area contributed by atoms with Gasteiger partial charge in [-0.1, -0.05) is 0 Å². The topological polar surface area (TPSA) is 91.4 Å². The summed E-state index contributed by atoms with van der Waals surface area (Å²) < 4.78 is 22.1. The van der Waals surface area contributed by atoms with E-state index in [2.05, 4.69) is 15.2 Å². The Bertz CT molecular complexity index is 1270. The minimum Gasteiger partial charge on any atom is -0.444 e. The molecule has 0 saturated carbocycles. The summed E-state index contributed by atoms with van der Waals surface area (Å²) in [4.78, 5) is 31.7. The van der Waals surface area contributed by atoms with E-state index < -0.39 is 29.9 Å². The first-order chi connectivity index (χ1) is 16.1. The van der Waals surface area contributed by atoms with Crippen molar-refractivity contribution in [2.75, 3.05) is 11.9 Å². The van der Waals surface area contributed by atoms with Crippen molar-refractivity contribution >= 4 is 33.3 Å². The van der Waals surface area contributed by atoms with Crippen molar-refractivity contribution in [3.63, 3.8) is 0 Å². The number of carbonyl (C=O) groups is 1. The third-order valence-corrected chi connectivity index (χ3v) is 7.74. The fourth-order valence-electron chi connectivity index (χ4n) is 5.01. The lowest BCUT2D eigenvalue weighted by Gasteiger charge is -2.44. The summed E-state index contributed by atoms with van der Waals surface area (Å²) in [5.41, 5.74) is -0.0880. The summed E-state index contributed by atoms with van der Waals surface area (Å²) in [5.74, 6) is 0.570. The van der Waals surface area contributed by atoms with Gasteiger partial charge in [0.2, 0.25) is 0 Å². The molecule has 8 nitrogen and oxygen atoms in total. The largest absolute Gasteiger partial charge is 0.444 e. The minimum atomic E-state index is -1.22. The molecule has 0 spiro atoms. The van der Waals surface area contributed by atoms with Crippen molar-refractivity contribution in [3.8, 4) is 10.6 Å². The Morgan fingerprint density at radius 3 is 2.74 bits per heavy atom. The summed E-state index contributed by atoms with van der Waals surface area (Å²) >= 11 is 1.48. The van der Waals surface area contributed by atoms with E-state index in [1.165, 1.54) is 11.3 Å². The first kappa shape index (κ1) is 22.8. The first-order valence-electron chi connectivity index (χ1n) is 11.5. The van der Waals surface area contributed by atoms with E-state index in [4.69, 9.17) is 4.74 Å². The Hall–Kier alpha value is -3.01. The average molecular weight is 486 g/mol. The Morgan fingerprint density at radius 1 is 1.26 bits per heavy atom. The van der Waals surface area contributed by atoms with Crippen LogP contribution in [-0.4, -0.2) is 63.1 Å². The number of aromatic nitrogens is 3. The summed E-state index contributed by atoms with van der Waals surface area (Å²) in [7, 11) is 1.82. The highest BCUT2D eigenvalue weighted by Gasteiger charge is 2.52. The van der Waals surface area contributed by atoms with Gasteiger partial charge in [0.15, 0.2) is 5.82 Å². The number of rotatable bonds is 3. The number of nitrogens with one attached hydrogen (secondary N) is 1. The van der Waals surface area contributed by atoms with E-state index in [9.17, 15) is 9.59 Å². The van der Waals surface area contributed by atoms with Crippen LogP contribution in [0.5, 0.6) is 0 Å². The monoisotopic (exact) mass is 485 g/mol. The molecule has 1 N–H and O–H groups in total. The standard InChI is InChI=1S/C24H28FN5O3S/c1-24(2,3)33-23(32)30-13-5-7-16(30)21(25)17(11-13)29(4)20-8-6-15(27-28-20)19-12-14-18(34-19)9-10-26-22(14)31/h6,8-10,12-13,16-17,21H,5,7,11H2,1-4H3,(H,26,31)/t13-,16+,17-,21+/m1/s1. The predicted molar refractivity (Wildman–Crippen MR) is 130 cm³/mol. The Balaban J connectivity index is 1.33. The number of hydrogen-bond acceptors (Lipinski definition) is 7. The van der Waals surface area contributed by atoms with E-state index in [1.54, 1.807) is 11.1 Å². The maximum absolute atomic E-state index is 15.6. The summed E-state index contributed by atoms with van der Waals surface area (Å²) in [6.07, 6.45) is 1.89. The molecule has 0 aliphatic carbocycles. The molecule has 3 aromatic heterocycles. The van der Waals surface area contributed by atoms with E-state index in [-0.39, 0.29) is 11.6 Å². The molecule has 2 aliphatic rings. The summed E-state index contributed by atoms with van der Waals surface area (Å²) in [5, 5.41) is 9.33. The molecule has 180 valence electrons. The number of H-pyrrole nitrogens is 1. The first-order valence-corrected chi connectivity index (χ1v) is 12.3. The normalized spacial score (nSPS) is 24.4. The van der Waals surface area contributed by atoms with Crippen LogP contribution in [0.15, 0.2) is 35.3 Å². The Kier molecular flexibility index (Phi) is 5.58. The number of carbonyl (C=O) groups excluding carboxylic acids is 1. The molecule has 3 aromatic rings. The molecule has 1 amide bonds. The van der Waals surface area contributed by atoms with Crippen LogP contribution in [0.25, 0.3) is 20.7 Å². The molecule has 2 saturated heterocycles. The number of hydrogen-bond donors (Lipinski definition) is 1. The van der Waals surface area contributed by atoms with Crippen LogP contribution < -0.4 is 10.5 Å². The molecule has 2 bridgehead atoms. The van der Waals surface area contributed by atoms with Gasteiger partial charge >= 0.3 is 6.09 Å². The molecule has 5 rings (SSSR count). The highest BCUT2D eigenvalue weighted by atomic mass is 32.1. The number of nitrogens with zero attached hydrogens (tertiary/aromatic N) is 4. The number of alkyl halides is 1. The summed E-state index contributed by atoms with van der Waals surface area (Å²) in [6.45, 7) is 5.46. The highest BCUT2D eigenvalue weighted by Crippen LogP contribution is 2.41. The second kappa shape index (κ2) is 8.33. The predicted octanol–water partition coefficient (Wildman–Crippen LogP) is 4.36. The molecule has 0 aromatic carbocycles. The number of fused-ring (bicyclic) bond motifs is 3. The number of aromatic amines is 1. The van der Waals surface area contributed by atoms with Gasteiger partial charge in [-0.3, -0.25) is 9.69 Å². The van der Waals surface area contributed by atoms with Crippen LogP contribution in [0.4, 0.5) is 15.0 Å². The lowest BCUT2D eigenvalue weighted by atomic mass is 9.94. The van der Waals surface area contributed by atoms with Crippen molar-refractivity contribution in [2.45, 2.75) is 69.9 Å². The fourth-order valence-corrected chi connectivity index (χ4v) is 6.04. The molecular weight excluding hydrogens is 457 g/mol. The second-order valence-corrected chi connectivity index (χ2v) is 11.1. The lowest BCUT2D eigenvalue weighted by molar-refractivity contribution is -0.0104. The number of ether oxygens (including phenoxy) is 1. The highest BCUT2D eigenvalue weighted by molar-refractivity contribution is 7.22. The van der Waals surface area contributed by atoms with Crippen LogP contribution in [0.1, 0.15) is 40.0 Å². The van der Waals surface area contributed by atoms with Gasteiger partial charge < -0.3 is 14.6 Å². The van der Waals surface area contributed by atoms with Gasteiger partial charge in [0.1, 0.15) is 17.5 Å². The molecule has 10 heteroatoms. The van der Waals surface area contributed by atoms with Gasteiger partial charge in [0.25, 0.3) is 5.56 Å². The molecule has 5 heterocycles. The molecule has 2 fully saturated rings. The van der Waals surface area contributed by atoms with Gasteiger partial charge in [-0.2, -0.15) is 0 Å². The maximum atomic E-state index is 15.6. The molecule has 0 radical (unpaired) electrons. The number of thiophene rings is 1. The third-order valence-electron chi connectivity index (χ3n) is 6.62. The van der Waals surface area contributed by atoms with Crippen molar-refractivity contribution < 1.29 is 13.9 Å². The maximum Gasteiger partial charge on any atom is 0.410 e. The van der Waals surface area contributed by atoms with Crippen LogP contribution in [0, 0.1) is 0 Å². The van der Waals surface area contributed by atoms with Gasteiger partial charge in [0.05, 0.1) is 22.3 Å². The van der Waals surface area contributed by atoms with Gasteiger partial charge in [0, 0.05) is 24.0 Å². The van der Waals surface area contributed by atoms with E-state index >= 15 is 4.39 Å². The Labute approximate surface area is 200 Å². The van der Waals surface area contributed by atoms with Crippen molar-refractivity contribution in [1.29, 1.82) is 0 Å². The zero-order valence-electron chi connectivity index (χ0n) is 19.6. The van der Waals surface area contributed by atoms with Crippen LogP contribution >= 0.6 is 11.3 Å². The van der Waals surface area contributed by atoms with Gasteiger partial charge in [-0.15, -0.1) is 21.5 Å². The number of anilines is 1. The molecule has 34 heavy (non-hydrogen) atoms. The van der Waals surface area contributed by atoms with Crippen molar-refractivity contribution in [1.82, 2.24) is 20.1 Å². The zero-order chi connectivity index (χ0) is 24.2.